The Kier molecular flexibility index (Phi) is 3.56. The molecule has 0 aromatic heterocycles. The van der Waals surface area contributed by atoms with Crippen molar-refractivity contribution < 1.29 is 4.79 Å². The molecule has 0 saturated heterocycles. The third-order valence-corrected chi connectivity index (χ3v) is 4.84. The maximum absolute atomic E-state index is 12.2. The predicted molar refractivity (Wildman–Crippen MR) is 75.5 cm³/mol. The Bertz CT molecular complexity index is 443. The highest BCUT2D eigenvalue weighted by atomic mass is 16.1. The van der Waals surface area contributed by atoms with E-state index in [9.17, 15) is 4.79 Å². The highest BCUT2D eigenvalue weighted by Crippen LogP contribution is 2.47. The van der Waals surface area contributed by atoms with Gasteiger partial charge >= 0.3 is 0 Å². The molecule has 0 heterocycles. The fourth-order valence-corrected chi connectivity index (χ4v) is 3.82. The van der Waals surface area contributed by atoms with Crippen molar-refractivity contribution in [3.05, 3.63) is 35.9 Å². The molecule has 0 spiro atoms. The Balaban J connectivity index is 1.49. The Morgan fingerprint density at radius 3 is 2.63 bits per heavy atom. The molecule has 3 nitrogen and oxygen atoms in total. The average molecular weight is 258 g/mol. The predicted octanol–water partition coefficient (Wildman–Crippen LogP) is 1.72. The molecule has 1 amide bonds. The summed E-state index contributed by atoms with van der Waals surface area (Å²) in [5.74, 6) is 1.37. The van der Waals surface area contributed by atoms with Crippen molar-refractivity contribution in [1.82, 2.24) is 5.32 Å². The fraction of sp³-hybridized carbons (Fsp3) is 0.562. The van der Waals surface area contributed by atoms with Gasteiger partial charge in [-0.2, -0.15) is 0 Å². The largest absolute Gasteiger partial charge is 0.355 e. The zero-order chi connectivity index (χ0) is 13.2. The quantitative estimate of drug-likeness (QED) is 0.864. The third kappa shape index (κ3) is 2.52. The number of rotatable bonds is 4. The number of hydrogen-bond acceptors (Lipinski definition) is 2. The van der Waals surface area contributed by atoms with E-state index in [1.54, 1.807) is 0 Å². The molecule has 0 unspecified atom stereocenters. The van der Waals surface area contributed by atoms with E-state index in [0.717, 1.165) is 12.8 Å². The number of amides is 1. The van der Waals surface area contributed by atoms with Crippen LogP contribution >= 0.6 is 0 Å². The number of carbonyl (C=O) groups excluding carboxylic acids is 1. The van der Waals surface area contributed by atoms with Crippen molar-refractivity contribution in [3.63, 3.8) is 0 Å². The minimum Gasteiger partial charge on any atom is -0.355 e. The van der Waals surface area contributed by atoms with Crippen LogP contribution in [-0.4, -0.2) is 18.5 Å². The Hall–Kier alpha value is -1.35. The van der Waals surface area contributed by atoms with Crippen LogP contribution in [0.5, 0.6) is 0 Å². The minimum absolute atomic E-state index is 0.0644. The second kappa shape index (κ2) is 5.33. The summed E-state index contributed by atoms with van der Waals surface area (Å²) in [7, 11) is 0. The van der Waals surface area contributed by atoms with E-state index >= 15 is 0 Å². The number of fused-ring (bicyclic) bond motifs is 2. The van der Waals surface area contributed by atoms with Crippen LogP contribution in [-0.2, 0) is 11.2 Å². The zero-order valence-electron chi connectivity index (χ0n) is 11.2. The van der Waals surface area contributed by atoms with Gasteiger partial charge in [-0.1, -0.05) is 30.3 Å². The molecular weight excluding hydrogens is 236 g/mol. The second-order valence-electron chi connectivity index (χ2n) is 5.96. The van der Waals surface area contributed by atoms with Crippen molar-refractivity contribution >= 4 is 5.91 Å². The van der Waals surface area contributed by atoms with Crippen LogP contribution in [0.25, 0.3) is 0 Å². The molecule has 4 atom stereocenters. The van der Waals surface area contributed by atoms with Gasteiger partial charge in [-0.15, -0.1) is 0 Å². The van der Waals surface area contributed by atoms with E-state index in [0.29, 0.717) is 18.4 Å². The molecule has 2 aliphatic rings. The third-order valence-electron chi connectivity index (χ3n) is 4.84. The molecule has 3 heteroatoms. The lowest BCUT2D eigenvalue weighted by molar-refractivity contribution is -0.127. The normalized spacial score (nSPS) is 32.5. The van der Waals surface area contributed by atoms with Crippen molar-refractivity contribution in [2.45, 2.75) is 31.7 Å². The molecule has 2 bridgehead atoms. The second-order valence-corrected chi connectivity index (χ2v) is 5.96. The molecule has 0 radical (unpaired) electrons. The van der Waals surface area contributed by atoms with Gasteiger partial charge in [-0.3, -0.25) is 4.79 Å². The van der Waals surface area contributed by atoms with E-state index in [-0.39, 0.29) is 17.9 Å². The first-order valence-electron chi connectivity index (χ1n) is 7.33. The lowest BCUT2D eigenvalue weighted by Gasteiger charge is -2.27. The molecule has 3 rings (SSSR count). The topological polar surface area (TPSA) is 55.1 Å². The maximum atomic E-state index is 12.2. The van der Waals surface area contributed by atoms with Crippen molar-refractivity contribution in [1.29, 1.82) is 0 Å². The smallest absolute Gasteiger partial charge is 0.224 e. The molecule has 2 fully saturated rings. The lowest BCUT2D eigenvalue weighted by atomic mass is 9.84. The van der Waals surface area contributed by atoms with Gasteiger partial charge in [0.25, 0.3) is 0 Å². The van der Waals surface area contributed by atoms with Gasteiger partial charge in [0.1, 0.15) is 0 Å². The van der Waals surface area contributed by atoms with E-state index in [1.165, 1.54) is 18.4 Å². The van der Waals surface area contributed by atoms with Crippen molar-refractivity contribution in [2.75, 3.05) is 6.54 Å². The molecule has 3 N–H and O–H groups in total. The Morgan fingerprint density at radius 1 is 1.21 bits per heavy atom. The molecule has 19 heavy (non-hydrogen) atoms. The molecule has 0 aliphatic heterocycles. The van der Waals surface area contributed by atoms with Crippen LogP contribution in [0.3, 0.4) is 0 Å². The van der Waals surface area contributed by atoms with E-state index < -0.39 is 0 Å². The van der Waals surface area contributed by atoms with Gasteiger partial charge in [-0.25, -0.2) is 0 Å². The number of nitrogens with one attached hydrogen (secondary N) is 1. The van der Waals surface area contributed by atoms with Crippen LogP contribution in [0.1, 0.15) is 24.8 Å². The van der Waals surface area contributed by atoms with Gasteiger partial charge in [0.2, 0.25) is 5.91 Å². The molecule has 2 saturated carbocycles. The first-order chi connectivity index (χ1) is 9.25. The van der Waals surface area contributed by atoms with Gasteiger partial charge in [-0.05, 0) is 43.1 Å². The van der Waals surface area contributed by atoms with Crippen LogP contribution < -0.4 is 11.1 Å². The number of nitrogens with two attached hydrogens (primary N) is 1. The molecular formula is C16H22N2O. The monoisotopic (exact) mass is 258 g/mol. The summed E-state index contributed by atoms with van der Waals surface area (Å²) in [6.07, 6.45) is 4.47. The summed E-state index contributed by atoms with van der Waals surface area (Å²) in [4.78, 5) is 12.2. The number of carbonyl (C=O) groups is 1. The van der Waals surface area contributed by atoms with E-state index in [4.69, 9.17) is 5.73 Å². The zero-order valence-corrected chi connectivity index (χ0v) is 11.2. The molecule has 102 valence electrons. The molecule has 1 aromatic rings. The number of hydrogen-bond donors (Lipinski definition) is 2. The van der Waals surface area contributed by atoms with Gasteiger partial charge in [0.05, 0.1) is 5.92 Å². The van der Waals surface area contributed by atoms with Crippen LogP contribution in [0.15, 0.2) is 30.3 Å². The van der Waals surface area contributed by atoms with Crippen molar-refractivity contribution in [3.8, 4) is 0 Å². The average Bonchev–Trinajstić information content (AvgIpc) is 3.00. The SMILES string of the molecule is N[C@H]1[C@H]2CC[C@@H](C2)[C@H]1C(=O)NCCc1ccccc1. The van der Waals surface area contributed by atoms with Crippen molar-refractivity contribution in [2.24, 2.45) is 23.5 Å². The van der Waals surface area contributed by atoms with Crippen LogP contribution in [0.2, 0.25) is 0 Å². The summed E-state index contributed by atoms with van der Waals surface area (Å²) >= 11 is 0. The first kappa shape index (κ1) is 12.7. The van der Waals surface area contributed by atoms with Gasteiger partial charge < -0.3 is 11.1 Å². The molecule has 1 aromatic carbocycles. The van der Waals surface area contributed by atoms with E-state index in [1.807, 2.05) is 18.2 Å². The minimum atomic E-state index is 0.0644. The van der Waals surface area contributed by atoms with E-state index in [2.05, 4.69) is 17.4 Å². The fourth-order valence-electron chi connectivity index (χ4n) is 3.82. The molecule has 2 aliphatic carbocycles. The number of benzene rings is 1. The maximum Gasteiger partial charge on any atom is 0.224 e. The van der Waals surface area contributed by atoms with Crippen LogP contribution in [0.4, 0.5) is 0 Å². The standard InChI is InChI=1S/C16H22N2O/c17-15-13-7-6-12(10-13)14(15)16(19)18-9-8-11-4-2-1-3-5-11/h1-5,12-15H,6-10,17H2,(H,18,19)/t12-,13-,14+,15-/m0/s1. The highest BCUT2D eigenvalue weighted by Gasteiger charge is 2.48. The van der Waals surface area contributed by atoms with Gasteiger partial charge in [0.15, 0.2) is 0 Å². The van der Waals surface area contributed by atoms with Crippen LogP contribution in [0, 0.1) is 17.8 Å². The Morgan fingerprint density at radius 2 is 1.95 bits per heavy atom. The highest BCUT2D eigenvalue weighted by molar-refractivity contribution is 5.80. The van der Waals surface area contributed by atoms with Gasteiger partial charge in [0, 0.05) is 12.6 Å². The first-order valence-corrected chi connectivity index (χ1v) is 7.33. The summed E-state index contributed by atoms with van der Waals surface area (Å²) in [6, 6.07) is 10.4. The summed E-state index contributed by atoms with van der Waals surface area (Å²) in [5.41, 5.74) is 7.45. The Labute approximate surface area is 114 Å². The lowest BCUT2D eigenvalue weighted by Crippen LogP contribution is -2.45. The summed E-state index contributed by atoms with van der Waals surface area (Å²) in [5, 5.41) is 3.07. The summed E-state index contributed by atoms with van der Waals surface area (Å²) in [6.45, 7) is 0.712. The summed E-state index contributed by atoms with van der Waals surface area (Å²) < 4.78 is 0.